The van der Waals surface area contributed by atoms with Crippen molar-refractivity contribution in [3.8, 4) is 5.82 Å². The molecule has 8 nitrogen and oxygen atoms in total. The van der Waals surface area contributed by atoms with Crippen LogP contribution in [0.3, 0.4) is 0 Å². The minimum Gasteiger partial charge on any atom is -0.393 e. The van der Waals surface area contributed by atoms with E-state index in [9.17, 15) is 9.18 Å². The number of carbonyl (C=O) groups is 1. The third-order valence-corrected chi connectivity index (χ3v) is 3.90. The first-order valence-corrected chi connectivity index (χ1v) is 7.92. The molecule has 0 aliphatic carbocycles. The smallest absolute Gasteiger partial charge is 0.222 e. The second-order valence-corrected chi connectivity index (χ2v) is 5.72. The number of rotatable bonds is 7. The molecule has 0 fully saturated rings. The molecule has 0 aliphatic heterocycles. The number of nitrogen functional groups attached to an aromatic ring is 1. The molecule has 9 heteroatoms. The van der Waals surface area contributed by atoms with Crippen LogP contribution in [0.1, 0.15) is 5.56 Å². The van der Waals surface area contributed by atoms with Crippen LogP contribution in [-0.4, -0.2) is 32.2 Å². The van der Waals surface area contributed by atoms with E-state index in [0.29, 0.717) is 23.7 Å². The van der Waals surface area contributed by atoms with Gasteiger partial charge >= 0.3 is 0 Å². The van der Waals surface area contributed by atoms with Crippen molar-refractivity contribution in [1.82, 2.24) is 19.7 Å². The van der Waals surface area contributed by atoms with Crippen molar-refractivity contribution in [2.75, 3.05) is 17.6 Å². The first-order chi connectivity index (χ1) is 12.5. The van der Waals surface area contributed by atoms with Crippen molar-refractivity contribution in [2.45, 2.75) is 6.42 Å². The number of halogens is 1. The van der Waals surface area contributed by atoms with Crippen LogP contribution >= 0.6 is 0 Å². The Morgan fingerprint density at radius 1 is 1.27 bits per heavy atom. The van der Waals surface area contributed by atoms with Crippen molar-refractivity contribution in [3.05, 3.63) is 60.4 Å². The Labute approximate surface area is 149 Å². The number of hydrogen-bond donors (Lipinski definition) is 3. The molecule has 3 aromatic rings. The lowest BCUT2D eigenvalue weighted by Gasteiger charge is -2.16. The molecule has 134 valence electrons. The Hall–Kier alpha value is -3.49. The summed E-state index contributed by atoms with van der Waals surface area (Å²) >= 11 is 0. The molecule has 3 rings (SSSR count). The number of nitrogens with one attached hydrogen (secondary N) is 1. The summed E-state index contributed by atoms with van der Waals surface area (Å²) in [7, 11) is 0. The monoisotopic (exact) mass is 355 g/mol. The van der Waals surface area contributed by atoms with Gasteiger partial charge in [0.05, 0.1) is 5.92 Å². The summed E-state index contributed by atoms with van der Waals surface area (Å²) in [4.78, 5) is 20.0. The highest BCUT2D eigenvalue weighted by Gasteiger charge is 2.18. The summed E-state index contributed by atoms with van der Waals surface area (Å²) in [6, 6.07) is 7.69. The maximum absolute atomic E-state index is 13.0. The fraction of sp³-hybridized carbons (Fsp3) is 0.176. The van der Waals surface area contributed by atoms with E-state index < -0.39 is 11.8 Å². The van der Waals surface area contributed by atoms with Gasteiger partial charge in [-0.05, 0) is 30.2 Å². The van der Waals surface area contributed by atoms with Crippen LogP contribution in [0.15, 0.2) is 49.1 Å². The second kappa shape index (κ2) is 7.60. The third-order valence-electron chi connectivity index (χ3n) is 3.90. The zero-order valence-corrected chi connectivity index (χ0v) is 13.8. The number of benzene rings is 1. The minimum atomic E-state index is -0.511. The molecular formula is C17H18FN7O. The van der Waals surface area contributed by atoms with Crippen molar-refractivity contribution in [1.29, 1.82) is 0 Å². The number of primary amides is 1. The van der Waals surface area contributed by atoms with Gasteiger partial charge in [-0.2, -0.15) is 5.10 Å². The average Bonchev–Trinajstić information content (AvgIpc) is 3.15. The van der Waals surface area contributed by atoms with E-state index in [1.54, 1.807) is 30.6 Å². The third kappa shape index (κ3) is 3.94. The number of anilines is 2. The summed E-state index contributed by atoms with van der Waals surface area (Å²) in [6.07, 6.45) is 5.05. The zero-order chi connectivity index (χ0) is 18.5. The molecule has 26 heavy (non-hydrogen) atoms. The van der Waals surface area contributed by atoms with Gasteiger partial charge < -0.3 is 16.8 Å². The molecule has 0 saturated carbocycles. The molecule has 1 aromatic carbocycles. The van der Waals surface area contributed by atoms with Crippen LogP contribution in [0.5, 0.6) is 0 Å². The van der Waals surface area contributed by atoms with E-state index in [2.05, 4.69) is 20.4 Å². The van der Waals surface area contributed by atoms with Gasteiger partial charge in [0.25, 0.3) is 0 Å². The summed E-state index contributed by atoms with van der Waals surface area (Å²) in [5, 5.41) is 7.12. The van der Waals surface area contributed by atoms with Crippen molar-refractivity contribution in [2.24, 2.45) is 11.7 Å². The minimum absolute atomic E-state index is 0.229. The normalized spacial score (nSPS) is 11.9. The Bertz CT molecular complexity index is 881. The van der Waals surface area contributed by atoms with E-state index in [4.69, 9.17) is 11.5 Å². The first kappa shape index (κ1) is 17.3. The van der Waals surface area contributed by atoms with E-state index in [0.717, 1.165) is 5.56 Å². The molecule has 2 heterocycles. The Kier molecular flexibility index (Phi) is 5.07. The average molecular weight is 355 g/mol. The molecule has 1 amide bonds. The number of nitrogens with zero attached hydrogens (tertiary/aromatic N) is 4. The first-order valence-electron chi connectivity index (χ1n) is 7.92. The zero-order valence-electron chi connectivity index (χ0n) is 13.8. The van der Waals surface area contributed by atoms with Crippen molar-refractivity contribution in [3.63, 3.8) is 0 Å². The number of hydrogen-bond acceptors (Lipinski definition) is 6. The molecule has 0 aliphatic rings. The van der Waals surface area contributed by atoms with E-state index in [1.807, 2.05) is 0 Å². The number of carbonyl (C=O) groups excluding carboxylic acids is 1. The van der Waals surface area contributed by atoms with Gasteiger partial charge in [0.1, 0.15) is 17.8 Å². The predicted molar refractivity (Wildman–Crippen MR) is 94.8 cm³/mol. The Morgan fingerprint density at radius 2 is 2.04 bits per heavy atom. The van der Waals surface area contributed by atoms with E-state index in [1.165, 1.54) is 23.1 Å². The molecule has 0 radical (unpaired) electrons. The van der Waals surface area contributed by atoms with Crippen molar-refractivity contribution >= 4 is 17.4 Å². The SMILES string of the molecule is NC(=O)C(CNc1ncnc(-n2cccn2)c1N)Cc1ccc(F)cc1. The number of nitrogens with two attached hydrogens (primary N) is 2. The van der Waals surface area contributed by atoms with Crippen molar-refractivity contribution < 1.29 is 9.18 Å². The highest BCUT2D eigenvalue weighted by atomic mass is 19.1. The summed E-state index contributed by atoms with van der Waals surface area (Å²) < 4.78 is 14.5. The van der Waals surface area contributed by atoms with E-state index in [-0.39, 0.29) is 12.4 Å². The van der Waals surface area contributed by atoms with Gasteiger partial charge in [0.15, 0.2) is 11.6 Å². The summed E-state index contributed by atoms with van der Waals surface area (Å²) in [6.45, 7) is 0.229. The van der Waals surface area contributed by atoms with Crippen LogP contribution in [0.25, 0.3) is 5.82 Å². The van der Waals surface area contributed by atoms with Crippen LogP contribution in [0.4, 0.5) is 15.9 Å². The summed E-state index contributed by atoms with van der Waals surface area (Å²) in [5.41, 5.74) is 12.7. The lowest BCUT2D eigenvalue weighted by molar-refractivity contribution is -0.121. The topological polar surface area (TPSA) is 125 Å². The molecule has 0 spiro atoms. The molecule has 1 atom stereocenters. The Balaban J connectivity index is 1.72. The predicted octanol–water partition coefficient (Wildman–Crippen LogP) is 1.14. The largest absolute Gasteiger partial charge is 0.393 e. The molecule has 5 N–H and O–H groups in total. The second-order valence-electron chi connectivity index (χ2n) is 5.72. The van der Waals surface area contributed by atoms with Crippen LogP contribution < -0.4 is 16.8 Å². The van der Waals surface area contributed by atoms with Gasteiger partial charge in [-0.15, -0.1) is 0 Å². The highest BCUT2D eigenvalue weighted by Crippen LogP contribution is 2.21. The molecule has 0 bridgehead atoms. The molecule has 0 saturated heterocycles. The molecule has 1 unspecified atom stereocenters. The fourth-order valence-corrected chi connectivity index (χ4v) is 2.50. The Morgan fingerprint density at radius 3 is 2.69 bits per heavy atom. The molecular weight excluding hydrogens is 337 g/mol. The van der Waals surface area contributed by atoms with Gasteiger partial charge in [-0.1, -0.05) is 12.1 Å². The van der Waals surface area contributed by atoms with Crippen LogP contribution in [0.2, 0.25) is 0 Å². The van der Waals surface area contributed by atoms with Gasteiger partial charge in [-0.25, -0.2) is 19.0 Å². The van der Waals surface area contributed by atoms with Gasteiger partial charge in [0.2, 0.25) is 5.91 Å². The highest BCUT2D eigenvalue weighted by molar-refractivity contribution is 5.78. The van der Waals surface area contributed by atoms with Crippen LogP contribution in [0, 0.1) is 11.7 Å². The standard InChI is InChI=1S/C17H18FN7O/c18-13-4-2-11(3-5-13)8-12(15(20)26)9-21-16-14(19)17(23-10-22-16)25-7-1-6-24-25/h1-7,10,12H,8-9,19H2,(H2,20,26)(H,21,22,23). The quantitative estimate of drug-likeness (QED) is 0.584. The fourth-order valence-electron chi connectivity index (χ4n) is 2.50. The lowest BCUT2D eigenvalue weighted by Crippen LogP contribution is -2.31. The summed E-state index contributed by atoms with van der Waals surface area (Å²) in [5.74, 6) is -0.496. The van der Waals surface area contributed by atoms with E-state index >= 15 is 0 Å². The van der Waals surface area contributed by atoms with Gasteiger partial charge in [0, 0.05) is 18.9 Å². The molecule has 2 aromatic heterocycles. The number of aromatic nitrogens is 4. The van der Waals surface area contributed by atoms with Gasteiger partial charge in [-0.3, -0.25) is 4.79 Å². The lowest BCUT2D eigenvalue weighted by atomic mass is 9.98. The maximum atomic E-state index is 13.0. The van der Waals surface area contributed by atoms with Crippen LogP contribution in [-0.2, 0) is 11.2 Å². The maximum Gasteiger partial charge on any atom is 0.222 e. The number of amides is 1.